The monoisotopic (exact) mass is 336 g/mol. The van der Waals surface area contributed by atoms with Gasteiger partial charge < -0.3 is 19.7 Å². The molecule has 2 rings (SSSR count). The van der Waals surface area contributed by atoms with Gasteiger partial charge in [0.05, 0.1) is 14.2 Å². The average Bonchev–Trinajstić information content (AvgIpc) is 2.61. The zero-order chi connectivity index (χ0) is 16.7. The van der Waals surface area contributed by atoms with Gasteiger partial charge in [-0.3, -0.25) is 0 Å². The number of methoxy groups -OCH3 is 2. The Balaban J connectivity index is 1.85. The van der Waals surface area contributed by atoms with Crippen molar-refractivity contribution in [2.45, 2.75) is 45.1 Å². The number of thiocarbonyl (C=S) groups is 1. The number of nitrogens with zero attached hydrogens (tertiary/aromatic N) is 1. The van der Waals surface area contributed by atoms with Crippen LogP contribution in [0.4, 0.5) is 0 Å². The molecule has 128 valence electrons. The summed E-state index contributed by atoms with van der Waals surface area (Å²) in [5.74, 6) is 1.54. The fourth-order valence-electron chi connectivity index (χ4n) is 3.14. The van der Waals surface area contributed by atoms with Crippen LogP contribution < -0.4 is 14.8 Å². The van der Waals surface area contributed by atoms with Crippen LogP contribution in [0.3, 0.4) is 0 Å². The number of benzene rings is 1. The molecule has 0 spiro atoms. The Morgan fingerprint density at radius 2 is 2.04 bits per heavy atom. The van der Waals surface area contributed by atoms with Gasteiger partial charge >= 0.3 is 0 Å². The van der Waals surface area contributed by atoms with E-state index < -0.39 is 0 Å². The highest BCUT2D eigenvalue weighted by atomic mass is 32.1. The van der Waals surface area contributed by atoms with Crippen LogP contribution in [0.15, 0.2) is 18.2 Å². The number of nitrogens with one attached hydrogen (secondary N) is 1. The molecule has 0 amide bonds. The van der Waals surface area contributed by atoms with Gasteiger partial charge in [-0.05, 0) is 62.0 Å². The molecule has 0 saturated carbocycles. The Morgan fingerprint density at radius 1 is 1.26 bits per heavy atom. The number of hydrogen-bond acceptors (Lipinski definition) is 3. The van der Waals surface area contributed by atoms with E-state index in [9.17, 15) is 0 Å². The largest absolute Gasteiger partial charge is 0.493 e. The fourth-order valence-corrected chi connectivity index (χ4v) is 3.49. The molecule has 1 aromatic rings. The number of rotatable bonds is 6. The van der Waals surface area contributed by atoms with Crippen molar-refractivity contribution < 1.29 is 9.47 Å². The van der Waals surface area contributed by atoms with E-state index in [2.05, 4.69) is 23.2 Å². The first-order valence-corrected chi connectivity index (χ1v) is 8.85. The van der Waals surface area contributed by atoms with E-state index in [1.807, 2.05) is 12.1 Å². The normalized spacial score (nSPS) is 17.7. The standard InChI is InChI=1S/C18H28N2O2S/c1-4-15-7-5-6-12-20(15)18(23)19-11-10-14-8-9-16(21-2)17(13-14)22-3/h8-9,13,15H,4-7,10-12H2,1-3H3,(H,19,23)/t15-/m0/s1. The van der Waals surface area contributed by atoms with Crippen LogP contribution in [0.1, 0.15) is 38.2 Å². The molecule has 1 N–H and O–H groups in total. The van der Waals surface area contributed by atoms with Gasteiger partial charge in [0.15, 0.2) is 16.6 Å². The van der Waals surface area contributed by atoms with E-state index in [-0.39, 0.29) is 0 Å². The van der Waals surface area contributed by atoms with Crippen molar-refractivity contribution in [3.05, 3.63) is 23.8 Å². The summed E-state index contributed by atoms with van der Waals surface area (Å²) in [7, 11) is 3.32. The van der Waals surface area contributed by atoms with Crippen molar-refractivity contribution >= 4 is 17.3 Å². The maximum atomic E-state index is 5.59. The summed E-state index contributed by atoms with van der Waals surface area (Å²) in [5.41, 5.74) is 1.21. The number of ether oxygens (including phenoxy) is 2. The molecule has 1 heterocycles. The van der Waals surface area contributed by atoms with E-state index in [0.717, 1.165) is 42.5 Å². The summed E-state index contributed by atoms with van der Waals surface area (Å²) >= 11 is 5.59. The average molecular weight is 337 g/mol. The van der Waals surface area contributed by atoms with Crippen LogP contribution >= 0.6 is 12.2 Å². The Labute approximate surface area is 145 Å². The van der Waals surface area contributed by atoms with E-state index in [1.165, 1.54) is 24.8 Å². The third-order valence-electron chi connectivity index (χ3n) is 4.50. The summed E-state index contributed by atoms with van der Waals surface area (Å²) in [6.07, 6.45) is 5.90. The van der Waals surface area contributed by atoms with E-state index in [4.69, 9.17) is 21.7 Å². The summed E-state index contributed by atoms with van der Waals surface area (Å²) in [4.78, 5) is 2.37. The second-order valence-electron chi connectivity index (χ2n) is 5.92. The van der Waals surface area contributed by atoms with Crippen LogP contribution in [-0.4, -0.2) is 43.4 Å². The molecule has 1 aliphatic rings. The Kier molecular flexibility index (Phi) is 6.96. The van der Waals surface area contributed by atoms with Gasteiger partial charge in [-0.15, -0.1) is 0 Å². The zero-order valence-corrected chi connectivity index (χ0v) is 15.2. The molecule has 0 radical (unpaired) electrons. The van der Waals surface area contributed by atoms with Crippen molar-refractivity contribution in [2.75, 3.05) is 27.3 Å². The molecule has 0 unspecified atom stereocenters. The quantitative estimate of drug-likeness (QED) is 0.806. The SMILES string of the molecule is CC[C@H]1CCCCN1C(=S)NCCc1ccc(OC)c(OC)c1. The molecule has 0 aromatic heterocycles. The molecule has 5 heteroatoms. The highest BCUT2D eigenvalue weighted by Crippen LogP contribution is 2.27. The molecule has 4 nitrogen and oxygen atoms in total. The van der Waals surface area contributed by atoms with Crippen LogP contribution in [-0.2, 0) is 6.42 Å². The van der Waals surface area contributed by atoms with E-state index in [0.29, 0.717) is 6.04 Å². The van der Waals surface area contributed by atoms with Crippen LogP contribution in [0, 0.1) is 0 Å². The molecule has 1 aromatic carbocycles. The summed E-state index contributed by atoms with van der Waals surface area (Å²) in [6.45, 7) is 4.16. The van der Waals surface area contributed by atoms with Gasteiger partial charge in [0.25, 0.3) is 0 Å². The molecule has 1 saturated heterocycles. The summed E-state index contributed by atoms with van der Waals surface area (Å²) < 4.78 is 10.6. The highest BCUT2D eigenvalue weighted by Gasteiger charge is 2.22. The first kappa shape index (κ1) is 17.9. The smallest absolute Gasteiger partial charge is 0.169 e. The number of likely N-dealkylation sites (tertiary alicyclic amines) is 1. The van der Waals surface area contributed by atoms with Crippen molar-refractivity contribution in [3.8, 4) is 11.5 Å². The van der Waals surface area contributed by atoms with Crippen molar-refractivity contribution in [1.29, 1.82) is 0 Å². The van der Waals surface area contributed by atoms with Gasteiger partial charge in [-0.1, -0.05) is 13.0 Å². The second kappa shape index (κ2) is 8.96. The van der Waals surface area contributed by atoms with E-state index >= 15 is 0 Å². The van der Waals surface area contributed by atoms with Gasteiger partial charge in [0.2, 0.25) is 0 Å². The Hall–Kier alpha value is -1.49. The first-order valence-electron chi connectivity index (χ1n) is 8.45. The topological polar surface area (TPSA) is 33.7 Å². The molecular formula is C18H28N2O2S. The molecular weight excluding hydrogens is 308 g/mol. The van der Waals surface area contributed by atoms with Gasteiger partial charge in [0.1, 0.15) is 0 Å². The zero-order valence-electron chi connectivity index (χ0n) is 14.4. The summed E-state index contributed by atoms with van der Waals surface area (Å²) in [5, 5.41) is 4.32. The molecule has 1 aliphatic heterocycles. The predicted octanol–water partition coefficient (Wildman–Crippen LogP) is 3.39. The van der Waals surface area contributed by atoms with E-state index in [1.54, 1.807) is 14.2 Å². The van der Waals surface area contributed by atoms with Crippen LogP contribution in [0.25, 0.3) is 0 Å². The molecule has 23 heavy (non-hydrogen) atoms. The van der Waals surface area contributed by atoms with Gasteiger partial charge in [0, 0.05) is 19.1 Å². The van der Waals surface area contributed by atoms with Crippen LogP contribution in [0.5, 0.6) is 11.5 Å². The Bertz CT molecular complexity index is 522. The minimum absolute atomic E-state index is 0.602. The van der Waals surface area contributed by atoms with Crippen molar-refractivity contribution in [2.24, 2.45) is 0 Å². The molecule has 1 atom stereocenters. The first-order chi connectivity index (χ1) is 11.2. The third kappa shape index (κ3) is 4.74. The second-order valence-corrected chi connectivity index (χ2v) is 6.31. The van der Waals surface area contributed by atoms with Gasteiger partial charge in [-0.2, -0.15) is 0 Å². The third-order valence-corrected chi connectivity index (χ3v) is 4.88. The number of piperidine rings is 1. The maximum Gasteiger partial charge on any atom is 0.169 e. The highest BCUT2D eigenvalue weighted by molar-refractivity contribution is 7.80. The lowest BCUT2D eigenvalue weighted by Gasteiger charge is -2.37. The minimum Gasteiger partial charge on any atom is -0.493 e. The lowest BCUT2D eigenvalue weighted by Crippen LogP contribution is -2.48. The molecule has 0 bridgehead atoms. The molecule has 1 fully saturated rings. The maximum absolute atomic E-state index is 5.59. The Morgan fingerprint density at radius 3 is 2.74 bits per heavy atom. The van der Waals surface area contributed by atoms with Crippen LogP contribution in [0.2, 0.25) is 0 Å². The molecule has 0 aliphatic carbocycles. The predicted molar refractivity (Wildman–Crippen MR) is 98.5 cm³/mol. The fraction of sp³-hybridized carbons (Fsp3) is 0.611. The van der Waals surface area contributed by atoms with Crippen molar-refractivity contribution in [1.82, 2.24) is 10.2 Å². The van der Waals surface area contributed by atoms with Crippen molar-refractivity contribution in [3.63, 3.8) is 0 Å². The minimum atomic E-state index is 0.602. The summed E-state index contributed by atoms with van der Waals surface area (Å²) in [6, 6.07) is 6.65. The lowest BCUT2D eigenvalue weighted by atomic mass is 10.0. The number of hydrogen-bond donors (Lipinski definition) is 1. The lowest BCUT2D eigenvalue weighted by molar-refractivity contribution is 0.233. The van der Waals surface area contributed by atoms with Gasteiger partial charge in [-0.25, -0.2) is 0 Å².